The van der Waals surface area contributed by atoms with Gasteiger partial charge >= 0.3 is 0 Å². The van der Waals surface area contributed by atoms with Crippen molar-refractivity contribution in [1.29, 1.82) is 0 Å². The quantitative estimate of drug-likeness (QED) is 0.731. The van der Waals surface area contributed by atoms with Crippen molar-refractivity contribution in [2.75, 3.05) is 4.90 Å². The van der Waals surface area contributed by atoms with E-state index in [0.29, 0.717) is 5.11 Å². The third-order valence-corrected chi connectivity index (χ3v) is 4.27. The van der Waals surface area contributed by atoms with Gasteiger partial charge in [-0.05, 0) is 55.5 Å². The molecule has 0 saturated carbocycles. The predicted molar refractivity (Wildman–Crippen MR) is 94.3 cm³/mol. The van der Waals surface area contributed by atoms with Crippen LogP contribution in [0.5, 0.6) is 0 Å². The van der Waals surface area contributed by atoms with Crippen LogP contribution in [-0.2, 0) is 4.79 Å². The molecule has 1 saturated heterocycles. The summed E-state index contributed by atoms with van der Waals surface area (Å²) in [4.78, 5) is 13.7. The molecule has 1 N–H and O–H groups in total. The summed E-state index contributed by atoms with van der Waals surface area (Å²) in [7, 11) is 0. The van der Waals surface area contributed by atoms with E-state index in [0.717, 1.165) is 28.0 Å². The summed E-state index contributed by atoms with van der Waals surface area (Å²) in [5.41, 5.74) is 2.58. The van der Waals surface area contributed by atoms with Crippen molar-refractivity contribution in [2.45, 2.75) is 13.0 Å². The summed E-state index contributed by atoms with van der Waals surface area (Å²) in [6.07, 6.45) is 0. The highest BCUT2D eigenvalue weighted by Gasteiger charge is 2.33. The van der Waals surface area contributed by atoms with Gasteiger partial charge in [-0.2, -0.15) is 0 Å². The maximum Gasteiger partial charge on any atom is 0.255 e. The van der Waals surface area contributed by atoms with Crippen LogP contribution in [0.4, 0.5) is 5.69 Å². The molecule has 5 heteroatoms. The van der Waals surface area contributed by atoms with Crippen LogP contribution in [0.1, 0.15) is 6.92 Å². The molecule has 1 aromatic heterocycles. The van der Waals surface area contributed by atoms with Crippen LogP contribution in [0, 0.1) is 0 Å². The van der Waals surface area contributed by atoms with Crippen molar-refractivity contribution in [1.82, 2.24) is 5.32 Å². The van der Waals surface area contributed by atoms with E-state index in [1.807, 2.05) is 54.6 Å². The molecule has 1 aliphatic heterocycles. The summed E-state index contributed by atoms with van der Waals surface area (Å²) in [6, 6.07) is 17.3. The smallest absolute Gasteiger partial charge is 0.255 e. The zero-order valence-electron chi connectivity index (χ0n) is 12.4. The first-order valence-electron chi connectivity index (χ1n) is 7.37. The lowest BCUT2D eigenvalue weighted by Gasteiger charge is -2.14. The van der Waals surface area contributed by atoms with Crippen molar-refractivity contribution in [2.24, 2.45) is 0 Å². The molecule has 114 valence electrons. The number of carbonyl (C=O) groups excluding carboxylic acids is 1. The fourth-order valence-electron chi connectivity index (χ4n) is 2.75. The molecule has 1 amide bonds. The fraction of sp³-hybridized carbons (Fsp3) is 0.111. The van der Waals surface area contributed by atoms with E-state index in [2.05, 4.69) is 5.32 Å². The molecule has 3 aromatic rings. The number of thiocarbonyl (C=S) groups is 1. The van der Waals surface area contributed by atoms with Gasteiger partial charge in [-0.25, -0.2) is 0 Å². The Balaban J connectivity index is 1.68. The van der Waals surface area contributed by atoms with E-state index in [1.165, 1.54) is 4.90 Å². The second kappa shape index (κ2) is 5.21. The van der Waals surface area contributed by atoms with Gasteiger partial charge in [-0.1, -0.05) is 18.2 Å². The van der Waals surface area contributed by atoms with Crippen molar-refractivity contribution >= 4 is 39.9 Å². The van der Waals surface area contributed by atoms with Gasteiger partial charge in [0.25, 0.3) is 5.91 Å². The van der Waals surface area contributed by atoms with Gasteiger partial charge in [0, 0.05) is 10.9 Å². The molecule has 1 fully saturated rings. The Bertz CT molecular complexity index is 881. The fourth-order valence-corrected chi connectivity index (χ4v) is 3.12. The van der Waals surface area contributed by atoms with Crippen molar-refractivity contribution in [3.05, 3.63) is 54.6 Å². The number of anilines is 1. The van der Waals surface area contributed by atoms with E-state index in [1.54, 1.807) is 6.92 Å². The van der Waals surface area contributed by atoms with Gasteiger partial charge in [-0.15, -0.1) is 0 Å². The summed E-state index contributed by atoms with van der Waals surface area (Å²) >= 11 is 5.22. The number of furan rings is 1. The van der Waals surface area contributed by atoms with Gasteiger partial charge in [0.15, 0.2) is 5.11 Å². The highest BCUT2D eigenvalue weighted by molar-refractivity contribution is 7.80. The Labute approximate surface area is 138 Å². The molecular formula is C18H14N2O2S. The molecule has 0 radical (unpaired) electrons. The van der Waals surface area contributed by atoms with E-state index in [4.69, 9.17) is 16.6 Å². The molecule has 0 spiro atoms. The third-order valence-electron chi connectivity index (χ3n) is 3.97. The average molecular weight is 322 g/mol. The number of para-hydroxylation sites is 1. The molecule has 1 aliphatic rings. The summed E-state index contributed by atoms with van der Waals surface area (Å²) in [5, 5.41) is 4.48. The molecule has 4 nitrogen and oxygen atoms in total. The summed E-state index contributed by atoms with van der Waals surface area (Å²) in [6.45, 7) is 1.80. The highest BCUT2D eigenvalue weighted by atomic mass is 32.1. The monoisotopic (exact) mass is 322 g/mol. The Morgan fingerprint density at radius 1 is 1.13 bits per heavy atom. The first kappa shape index (κ1) is 14.0. The molecule has 0 bridgehead atoms. The number of fused-ring (bicyclic) bond motifs is 1. The van der Waals surface area contributed by atoms with Crippen molar-refractivity contribution in [3.8, 4) is 11.3 Å². The lowest BCUT2D eigenvalue weighted by molar-refractivity contribution is -0.117. The van der Waals surface area contributed by atoms with E-state index < -0.39 is 0 Å². The van der Waals surface area contributed by atoms with Gasteiger partial charge in [0.2, 0.25) is 0 Å². The summed E-state index contributed by atoms with van der Waals surface area (Å²) < 4.78 is 5.86. The third kappa shape index (κ3) is 2.29. The topological polar surface area (TPSA) is 45.5 Å². The zero-order valence-corrected chi connectivity index (χ0v) is 13.3. The van der Waals surface area contributed by atoms with E-state index in [-0.39, 0.29) is 11.9 Å². The lowest BCUT2D eigenvalue weighted by atomic mass is 10.1. The molecule has 0 unspecified atom stereocenters. The number of amides is 1. The van der Waals surface area contributed by atoms with Gasteiger partial charge in [0.1, 0.15) is 17.4 Å². The lowest BCUT2D eigenvalue weighted by Crippen LogP contribution is -2.30. The predicted octanol–water partition coefficient (Wildman–Crippen LogP) is 3.71. The van der Waals surface area contributed by atoms with Gasteiger partial charge in [0.05, 0.1) is 5.69 Å². The number of benzene rings is 2. The number of carbonyl (C=O) groups is 1. The first-order valence-corrected chi connectivity index (χ1v) is 7.78. The molecule has 23 heavy (non-hydrogen) atoms. The molecule has 4 rings (SSSR count). The number of hydrogen-bond donors (Lipinski definition) is 1. The minimum absolute atomic E-state index is 0.0357. The number of nitrogens with one attached hydrogen (secondary N) is 1. The Kier molecular flexibility index (Phi) is 3.16. The van der Waals surface area contributed by atoms with E-state index >= 15 is 0 Å². The second-order valence-corrected chi connectivity index (χ2v) is 5.93. The largest absolute Gasteiger partial charge is 0.456 e. The molecule has 1 atom stereocenters. The highest BCUT2D eigenvalue weighted by Crippen LogP contribution is 2.29. The molecule has 2 aromatic carbocycles. The Morgan fingerprint density at radius 2 is 1.87 bits per heavy atom. The van der Waals surface area contributed by atoms with Crippen LogP contribution in [0.15, 0.2) is 59.0 Å². The normalized spacial score (nSPS) is 17.8. The molecular weight excluding hydrogens is 308 g/mol. The van der Waals surface area contributed by atoms with Crippen molar-refractivity contribution < 1.29 is 9.21 Å². The zero-order chi connectivity index (χ0) is 16.0. The maximum atomic E-state index is 12.1. The minimum Gasteiger partial charge on any atom is -0.456 e. The SMILES string of the molecule is C[C@@H]1NC(=S)N(c2ccc(-c3cc4ccccc4o3)cc2)C1=O. The van der Waals surface area contributed by atoms with Crippen LogP contribution in [0.25, 0.3) is 22.3 Å². The number of hydrogen-bond acceptors (Lipinski definition) is 3. The van der Waals surface area contributed by atoms with Crippen LogP contribution >= 0.6 is 12.2 Å². The second-order valence-electron chi connectivity index (χ2n) is 5.54. The minimum atomic E-state index is -0.280. The summed E-state index contributed by atoms with van der Waals surface area (Å²) in [5.74, 6) is 0.769. The first-order chi connectivity index (χ1) is 11.1. The van der Waals surface area contributed by atoms with E-state index in [9.17, 15) is 4.79 Å². The number of rotatable bonds is 2. The van der Waals surface area contributed by atoms with Crippen LogP contribution < -0.4 is 10.2 Å². The molecule has 0 aliphatic carbocycles. The Hall–Kier alpha value is -2.66. The van der Waals surface area contributed by atoms with Crippen molar-refractivity contribution in [3.63, 3.8) is 0 Å². The standard InChI is InChI=1S/C18H14N2O2S/c1-11-17(21)20(18(23)19-11)14-8-6-12(7-9-14)16-10-13-4-2-3-5-15(13)22-16/h2-11H,1H3,(H,19,23)/t11-/m0/s1. The Morgan fingerprint density at radius 3 is 2.52 bits per heavy atom. The van der Waals surface area contributed by atoms with Crippen LogP contribution in [0.3, 0.4) is 0 Å². The molecule has 2 heterocycles. The van der Waals surface area contributed by atoms with Crippen LogP contribution in [0.2, 0.25) is 0 Å². The maximum absolute atomic E-state index is 12.1. The van der Waals surface area contributed by atoms with Crippen LogP contribution in [-0.4, -0.2) is 17.1 Å². The average Bonchev–Trinajstić information content (AvgIpc) is 3.09. The number of nitrogens with zero attached hydrogens (tertiary/aromatic N) is 1. The van der Waals surface area contributed by atoms with Gasteiger partial charge < -0.3 is 9.73 Å². The van der Waals surface area contributed by atoms with Gasteiger partial charge in [-0.3, -0.25) is 9.69 Å².